The molecule has 4 rings (SSSR count). The number of nitrogens with one attached hydrogen (secondary N) is 1. The summed E-state index contributed by atoms with van der Waals surface area (Å²) in [6.45, 7) is 0. The summed E-state index contributed by atoms with van der Waals surface area (Å²) in [4.78, 5) is 20.2. The summed E-state index contributed by atoms with van der Waals surface area (Å²) < 4.78 is 1.40. The number of fused-ring (bicyclic) bond motifs is 1. The first-order chi connectivity index (χ1) is 12.5. The number of aromatic amines is 1. The van der Waals surface area contributed by atoms with Crippen LogP contribution in [0.1, 0.15) is 16.3 Å². The van der Waals surface area contributed by atoms with Gasteiger partial charge in [0.05, 0.1) is 17.5 Å². The van der Waals surface area contributed by atoms with Crippen molar-refractivity contribution in [1.29, 1.82) is 0 Å². The Balaban J connectivity index is 1.66. The highest BCUT2D eigenvalue weighted by molar-refractivity contribution is 6.31. The Hall–Kier alpha value is -3.12. The van der Waals surface area contributed by atoms with Crippen molar-refractivity contribution in [2.75, 3.05) is 0 Å². The van der Waals surface area contributed by atoms with Crippen LogP contribution >= 0.6 is 11.6 Å². The highest BCUT2D eigenvalue weighted by Crippen LogP contribution is 2.31. The van der Waals surface area contributed by atoms with Crippen LogP contribution in [0.4, 0.5) is 0 Å². The van der Waals surface area contributed by atoms with Crippen molar-refractivity contribution in [2.45, 2.75) is 6.42 Å². The lowest BCUT2D eigenvalue weighted by Gasteiger charge is -2.00. The zero-order chi connectivity index (χ0) is 18.3. The van der Waals surface area contributed by atoms with Crippen LogP contribution in [0.25, 0.3) is 22.3 Å². The molecule has 0 fully saturated rings. The van der Waals surface area contributed by atoms with Gasteiger partial charge in [-0.25, -0.2) is 4.98 Å². The Morgan fingerprint density at radius 3 is 2.77 bits per heavy atom. The van der Waals surface area contributed by atoms with E-state index in [2.05, 4.69) is 15.1 Å². The van der Waals surface area contributed by atoms with Crippen LogP contribution in [0.5, 0.6) is 5.75 Å². The van der Waals surface area contributed by atoms with Gasteiger partial charge >= 0.3 is 0 Å². The molecule has 0 spiro atoms. The number of Topliss-reactive ketones (excluding diaryl/α,β-unsaturated/α-hetero) is 1. The molecule has 0 atom stereocenters. The van der Waals surface area contributed by atoms with Gasteiger partial charge < -0.3 is 10.1 Å². The Morgan fingerprint density at radius 2 is 2.00 bits per heavy atom. The highest BCUT2D eigenvalue weighted by atomic mass is 35.5. The van der Waals surface area contributed by atoms with E-state index >= 15 is 0 Å². The standard InChI is InChI=1S/C19H15ClN4O2/c1-24-18(19(26)17(23-24)11-5-3-2-4-6-11)15(25)10-16-21-13-8-7-12(20)9-14(13)22-16/h2-9,26H,10H2,1H3,(H,21,22). The normalized spacial score (nSPS) is 11.2. The molecule has 0 amide bonds. The van der Waals surface area contributed by atoms with E-state index in [9.17, 15) is 9.90 Å². The predicted molar refractivity (Wildman–Crippen MR) is 99.4 cm³/mol. The zero-order valence-electron chi connectivity index (χ0n) is 13.9. The zero-order valence-corrected chi connectivity index (χ0v) is 14.7. The number of carbonyl (C=O) groups excluding carboxylic acids is 1. The van der Waals surface area contributed by atoms with E-state index in [4.69, 9.17) is 11.6 Å². The minimum absolute atomic E-state index is 0.0215. The maximum absolute atomic E-state index is 12.7. The minimum Gasteiger partial charge on any atom is -0.504 e. The van der Waals surface area contributed by atoms with Gasteiger partial charge in [0.1, 0.15) is 17.2 Å². The molecule has 2 aromatic heterocycles. The number of carbonyl (C=O) groups is 1. The summed E-state index contributed by atoms with van der Waals surface area (Å²) in [5.74, 6) is 0.113. The third-order valence-corrected chi connectivity index (χ3v) is 4.39. The van der Waals surface area contributed by atoms with E-state index < -0.39 is 0 Å². The quantitative estimate of drug-likeness (QED) is 0.539. The fourth-order valence-corrected chi connectivity index (χ4v) is 3.14. The molecule has 7 heteroatoms. The van der Waals surface area contributed by atoms with Crippen LogP contribution < -0.4 is 0 Å². The number of imidazole rings is 1. The summed E-state index contributed by atoms with van der Waals surface area (Å²) in [6, 6.07) is 14.5. The molecule has 0 aliphatic heterocycles. The fourth-order valence-electron chi connectivity index (χ4n) is 2.97. The Labute approximate surface area is 154 Å². The molecule has 0 saturated carbocycles. The SMILES string of the molecule is Cn1nc(-c2ccccc2)c(O)c1C(=O)Cc1nc2ccc(Cl)cc2[nH]1. The van der Waals surface area contributed by atoms with Crippen molar-refractivity contribution in [3.8, 4) is 17.0 Å². The van der Waals surface area contributed by atoms with Crippen LogP contribution in [0, 0.1) is 0 Å². The van der Waals surface area contributed by atoms with Gasteiger partial charge in [-0.15, -0.1) is 0 Å². The van der Waals surface area contributed by atoms with Gasteiger partial charge in [-0.3, -0.25) is 9.48 Å². The largest absolute Gasteiger partial charge is 0.504 e. The van der Waals surface area contributed by atoms with Crippen LogP contribution in [0.3, 0.4) is 0 Å². The predicted octanol–water partition coefficient (Wildman–Crippen LogP) is 3.75. The lowest BCUT2D eigenvalue weighted by Crippen LogP contribution is -2.10. The van der Waals surface area contributed by atoms with Crippen LogP contribution in [0.2, 0.25) is 5.02 Å². The van der Waals surface area contributed by atoms with E-state index in [1.165, 1.54) is 4.68 Å². The lowest BCUT2D eigenvalue weighted by atomic mass is 10.1. The molecule has 6 nitrogen and oxygen atoms in total. The van der Waals surface area contributed by atoms with Crippen molar-refractivity contribution in [1.82, 2.24) is 19.7 Å². The molecule has 4 aromatic rings. The minimum atomic E-state index is -0.273. The maximum atomic E-state index is 12.7. The summed E-state index contributed by atoms with van der Waals surface area (Å²) in [5, 5.41) is 15.4. The van der Waals surface area contributed by atoms with E-state index in [-0.39, 0.29) is 23.6 Å². The highest BCUT2D eigenvalue weighted by Gasteiger charge is 2.23. The average Bonchev–Trinajstić information content (AvgIpc) is 3.14. The van der Waals surface area contributed by atoms with Crippen molar-refractivity contribution in [3.05, 3.63) is 65.1 Å². The van der Waals surface area contributed by atoms with Gasteiger partial charge in [0.15, 0.2) is 11.5 Å². The van der Waals surface area contributed by atoms with Crippen LogP contribution in [0.15, 0.2) is 48.5 Å². The van der Waals surface area contributed by atoms with Crippen molar-refractivity contribution < 1.29 is 9.90 Å². The molecule has 0 saturated heterocycles. The number of halogens is 1. The first-order valence-electron chi connectivity index (χ1n) is 8.01. The first-order valence-corrected chi connectivity index (χ1v) is 8.39. The molecule has 2 N–H and O–H groups in total. The number of aromatic nitrogens is 4. The summed E-state index contributed by atoms with van der Waals surface area (Å²) in [7, 11) is 1.64. The molecule has 26 heavy (non-hydrogen) atoms. The molecule has 130 valence electrons. The number of H-pyrrole nitrogens is 1. The number of aromatic hydroxyl groups is 1. The Bertz CT molecular complexity index is 1120. The molecule has 2 heterocycles. The first kappa shape index (κ1) is 16.4. The van der Waals surface area contributed by atoms with E-state index in [1.807, 2.05) is 30.3 Å². The monoisotopic (exact) mass is 366 g/mol. The van der Waals surface area contributed by atoms with E-state index in [1.54, 1.807) is 25.2 Å². The number of hydrogen-bond acceptors (Lipinski definition) is 4. The van der Waals surface area contributed by atoms with Crippen molar-refractivity contribution >= 4 is 28.4 Å². The fraction of sp³-hybridized carbons (Fsp3) is 0.105. The summed E-state index contributed by atoms with van der Waals surface area (Å²) in [6.07, 6.45) is 0.0215. The second-order valence-electron chi connectivity index (χ2n) is 5.98. The molecular formula is C19H15ClN4O2. The molecule has 0 bridgehead atoms. The van der Waals surface area contributed by atoms with E-state index in [0.29, 0.717) is 16.5 Å². The number of hydrogen-bond donors (Lipinski definition) is 2. The van der Waals surface area contributed by atoms with Gasteiger partial charge in [-0.05, 0) is 18.2 Å². The van der Waals surface area contributed by atoms with Gasteiger partial charge in [-0.2, -0.15) is 5.10 Å². The second kappa shape index (κ2) is 6.31. The molecule has 0 radical (unpaired) electrons. The molecular weight excluding hydrogens is 352 g/mol. The maximum Gasteiger partial charge on any atom is 0.192 e. The summed E-state index contributed by atoms with van der Waals surface area (Å²) >= 11 is 5.97. The Morgan fingerprint density at radius 1 is 1.23 bits per heavy atom. The van der Waals surface area contributed by atoms with Gasteiger partial charge in [0.25, 0.3) is 0 Å². The topological polar surface area (TPSA) is 83.8 Å². The van der Waals surface area contributed by atoms with Gasteiger partial charge in [0.2, 0.25) is 0 Å². The van der Waals surface area contributed by atoms with Crippen LogP contribution in [-0.4, -0.2) is 30.6 Å². The number of ketones is 1. The molecule has 0 aliphatic rings. The van der Waals surface area contributed by atoms with Crippen molar-refractivity contribution in [3.63, 3.8) is 0 Å². The molecule has 0 aliphatic carbocycles. The number of aryl methyl sites for hydroxylation is 1. The van der Waals surface area contributed by atoms with Crippen molar-refractivity contribution in [2.24, 2.45) is 7.05 Å². The third kappa shape index (κ3) is 2.84. The van der Waals surface area contributed by atoms with E-state index in [0.717, 1.165) is 16.6 Å². The van der Waals surface area contributed by atoms with Gasteiger partial charge in [-0.1, -0.05) is 41.9 Å². The number of rotatable bonds is 4. The molecule has 0 unspecified atom stereocenters. The lowest BCUT2D eigenvalue weighted by molar-refractivity contribution is 0.0979. The molecule has 2 aromatic carbocycles. The summed E-state index contributed by atoms with van der Waals surface area (Å²) in [5.41, 5.74) is 2.78. The average molecular weight is 367 g/mol. The smallest absolute Gasteiger partial charge is 0.192 e. The van der Waals surface area contributed by atoms with Gasteiger partial charge in [0, 0.05) is 17.6 Å². The third-order valence-electron chi connectivity index (χ3n) is 4.15. The number of benzene rings is 2. The second-order valence-corrected chi connectivity index (χ2v) is 6.42. The number of nitrogens with zero attached hydrogens (tertiary/aromatic N) is 3. The Kier molecular flexibility index (Phi) is 3.97. The van der Waals surface area contributed by atoms with Crippen LogP contribution in [-0.2, 0) is 13.5 Å².